The zero-order valence-electron chi connectivity index (χ0n) is 13.9. The highest BCUT2D eigenvalue weighted by Crippen LogP contribution is 2.20. The normalized spacial score (nSPS) is 27.1. The summed E-state index contributed by atoms with van der Waals surface area (Å²) in [6.45, 7) is 0. The van der Waals surface area contributed by atoms with Crippen molar-refractivity contribution in [3.05, 3.63) is 24.0 Å². The van der Waals surface area contributed by atoms with E-state index in [1.165, 1.54) is 11.1 Å². The largest absolute Gasteiger partial charge is 0.380 e. The van der Waals surface area contributed by atoms with Gasteiger partial charge in [-0.05, 0) is 25.0 Å². The maximum atomic E-state index is 12.5. The molecule has 25 heavy (non-hydrogen) atoms. The Balaban J connectivity index is 1.63. The molecule has 2 unspecified atom stereocenters. The fourth-order valence-electron chi connectivity index (χ4n) is 3.18. The first-order valence-electron chi connectivity index (χ1n) is 8.06. The summed E-state index contributed by atoms with van der Waals surface area (Å²) in [5, 5.41) is 3.11. The minimum absolute atomic E-state index is 0.00890. The third kappa shape index (κ3) is 4.30. The second kappa shape index (κ2) is 6.56. The zero-order valence-corrected chi connectivity index (χ0v) is 15.5. The molecule has 1 aromatic rings. The number of hydrogen-bond acceptors (Lipinski definition) is 7. The van der Waals surface area contributed by atoms with Gasteiger partial charge in [0, 0.05) is 19.1 Å². The lowest BCUT2D eigenvalue weighted by molar-refractivity contribution is 0.0742. The molecule has 0 bridgehead atoms. The molecule has 0 radical (unpaired) electrons. The van der Waals surface area contributed by atoms with E-state index in [0.717, 1.165) is 0 Å². The molecule has 1 amide bonds. The van der Waals surface area contributed by atoms with Crippen molar-refractivity contribution in [2.75, 3.05) is 35.4 Å². The van der Waals surface area contributed by atoms with Gasteiger partial charge in [-0.1, -0.05) is 0 Å². The minimum Gasteiger partial charge on any atom is -0.380 e. The maximum absolute atomic E-state index is 12.5. The van der Waals surface area contributed by atoms with Crippen LogP contribution in [0.5, 0.6) is 0 Å². The minimum atomic E-state index is -3.06. The third-order valence-electron chi connectivity index (χ3n) is 4.66. The van der Waals surface area contributed by atoms with Crippen LogP contribution >= 0.6 is 0 Å². The van der Waals surface area contributed by atoms with Crippen LogP contribution in [0.3, 0.4) is 0 Å². The molecule has 10 heteroatoms. The highest BCUT2D eigenvalue weighted by atomic mass is 32.2. The van der Waals surface area contributed by atoms with Crippen LogP contribution in [0.4, 0.5) is 5.69 Å². The topological polar surface area (TPSA) is 114 Å². The van der Waals surface area contributed by atoms with Gasteiger partial charge in [-0.2, -0.15) is 0 Å². The number of pyridine rings is 1. The Morgan fingerprint density at radius 3 is 2.32 bits per heavy atom. The third-order valence-corrected chi connectivity index (χ3v) is 8.18. The number of carbonyl (C=O) groups is 1. The molecule has 1 aromatic heterocycles. The highest BCUT2D eigenvalue weighted by Gasteiger charge is 2.33. The lowest BCUT2D eigenvalue weighted by Crippen LogP contribution is -2.38. The van der Waals surface area contributed by atoms with Gasteiger partial charge in [0.25, 0.3) is 5.91 Å². The first-order valence-corrected chi connectivity index (χ1v) is 11.7. The van der Waals surface area contributed by atoms with Gasteiger partial charge in [0.15, 0.2) is 19.7 Å². The van der Waals surface area contributed by atoms with E-state index in [4.69, 9.17) is 0 Å². The van der Waals surface area contributed by atoms with Crippen molar-refractivity contribution < 1.29 is 21.6 Å². The monoisotopic (exact) mass is 387 g/mol. The van der Waals surface area contributed by atoms with Crippen LogP contribution in [0.2, 0.25) is 0 Å². The van der Waals surface area contributed by atoms with Gasteiger partial charge >= 0.3 is 0 Å². The Labute approximate surface area is 147 Å². The second-order valence-electron chi connectivity index (χ2n) is 6.65. The van der Waals surface area contributed by atoms with E-state index in [0.29, 0.717) is 18.5 Å². The summed E-state index contributed by atoms with van der Waals surface area (Å²) < 4.78 is 46.1. The van der Waals surface area contributed by atoms with Crippen molar-refractivity contribution in [3.63, 3.8) is 0 Å². The summed E-state index contributed by atoms with van der Waals surface area (Å²) >= 11 is 0. The number of anilines is 1. The van der Waals surface area contributed by atoms with Crippen LogP contribution in [0.1, 0.15) is 23.3 Å². The maximum Gasteiger partial charge on any atom is 0.272 e. The molecule has 138 valence electrons. The van der Waals surface area contributed by atoms with Crippen molar-refractivity contribution in [3.8, 4) is 0 Å². The van der Waals surface area contributed by atoms with Crippen molar-refractivity contribution in [1.82, 2.24) is 9.88 Å². The number of nitrogens with one attached hydrogen (secondary N) is 1. The molecule has 2 atom stereocenters. The Kier molecular flexibility index (Phi) is 4.76. The number of amides is 1. The van der Waals surface area contributed by atoms with E-state index in [1.54, 1.807) is 19.2 Å². The second-order valence-corrected chi connectivity index (χ2v) is 11.1. The molecule has 0 aliphatic carbocycles. The molecule has 0 spiro atoms. The van der Waals surface area contributed by atoms with Gasteiger partial charge in [-0.15, -0.1) is 0 Å². The fourth-order valence-corrected chi connectivity index (χ4v) is 6.63. The van der Waals surface area contributed by atoms with Crippen LogP contribution in [0.15, 0.2) is 18.3 Å². The smallest absolute Gasteiger partial charge is 0.272 e. The van der Waals surface area contributed by atoms with Crippen molar-refractivity contribution in [2.45, 2.75) is 24.9 Å². The standard InChI is InChI=1S/C15H21N3O5S2/c1-18(13-5-7-25(22,23)10-13)15(19)14-3-2-11(8-16-14)17-12-4-6-24(20,21)9-12/h2-3,8,12-13,17H,4-7,9-10H2,1H3. The summed E-state index contributed by atoms with van der Waals surface area (Å²) in [7, 11) is -4.43. The quantitative estimate of drug-likeness (QED) is 0.770. The predicted molar refractivity (Wildman–Crippen MR) is 94.1 cm³/mol. The zero-order chi connectivity index (χ0) is 18.2. The van der Waals surface area contributed by atoms with Crippen molar-refractivity contribution >= 4 is 31.3 Å². The van der Waals surface area contributed by atoms with Crippen LogP contribution in [-0.2, 0) is 19.7 Å². The van der Waals surface area contributed by atoms with Crippen molar-refractivity contribution in [2.24, 2.45) is 0 Å². The number of sulfone groups is 2. The van der Waals surface area contributed by atoms with Gasteiger partial charge in [-0.25, -0.2) is 21.8 Å². The van der Waals surface area contributed by atoms with E-state index in [2.05, 4.69) is 10.3 Å². The van der Waals surface area contributed by atoms with Gasteiger partial charge in [0.2, 0.25) is 0 Å². The van der Waals surface area contributed by atoms with Gasteiger partial charge in [0.05, 0.1) is 34.9 Å². The number of hydrogen-bond donors (Lipinski definition) is 1. The Bertz CT molecular complexity index is 865. The molecule has 1 N–H and O–H groups in total. The van der Waals surface area contributed by atoms with E-state index in [-0.39, 0.29) is 46.7 Å². The summed E-state index contributed by atoms with van der Waals surface area (Å²) in [5.41, 5.74) is 0.890. The summed E-state index contributed by atoms with van der Waals surface area (Å²) in [6.07, 6.45) is 2.50. The predicted octanol–water partition coefficient (Wildman–Crippen LogP) is -0.0603. The van der Waals surface area contributed by atoms with E-state index in [9.17, 15) is 21.6 Å². The van der Waals surface area contributed by atoms with Crippen LogP contribution in [0, 0.1) is 0 Å². The van der Waals surface area contributed by atoms with Crippen LogP contribution in [0.25, 0.3) is 0 Å². The first kappa shape index (κ1) is 18.1. The Hall–Kier alpha value is -1.68. The Morgan fingerprint density at radius 1 is 1.12 bits per heavy atom. The summed E-state index contributed by atoms with van der Waals surface area (Å²) in [5.74, 6) is 0.0640. The van der Waals surface area contributed by atoms with Gasteiger partial charge in [0.1, 0.15) is 5.69 Å². The molecule has 2 aliphatic rings. The number of nitrogens with zero attached hydrogens (tertiary/aromatic N) is 2. The van der Waals surface area contributed by atoms with E-state index < -0.39 is 19.7 Å². The number of rotatable bonds is 4. The molecule has 2 fully saturated rings. The van der Waals surface area contributed by atoms with Gasteiger partial charge in [-0.3, -0.25) is 4.79 Å². The van der Waals surface area contributed by atoms with E-state index >= 15 is 0 Å². The molecule has 0 saturated carbocycles. The molecule has 8 nitrogen and oxygen atoms in total. The average molecular weight is 387 g/mol. The molecule has 3 heterocycles. The SMILES string of the molecule is CN(C(=O)c1ccc(NC2CCS(=O)(=O)C2)cn1)C1CCS(=O)(=O)C1. The first-order chi connectivity index (χ1) is 11.7. The van der Waals surface area contributed by atoms with Crippen LogP contribution < -0.4 is 5.32 Å². The number of aromatic nitrogens is 1. The lowest BCUT2D eigenvalue weighted by atomic mass is 10.2. The average Bonchev–Trinajstić information content (AvgIpc) is 3.08. The fraction of sp³-hybridized carbons (Fsp3) is 0.600. The lowest BCUT2D eigenvalue weighted by Gasteiger charge is -2.23. The molecule has 2 saturated heterocycles. The number of carbonyl (C=O) groups excluding carboxylic acids is 1. The highest BCUT2D eigenvalue weighted by molar-refractivity contribution is 7.91. The molecule has 2 aliphatic heterocycles. The van der Waals surface area contributed by atoms with Crippen molar-refractivity contribution in [1.29, 1.82) is 0 Å². The van der Waals surface area contributed by atoms with Gasteiger partial charge < -0.3 is 10.2 Å². The molecule has 3 rings (SSSR count). The molecule has 0 aromatic carbocycles. The molecular weight excluding hydrogens is 366 g/mol. The Morgan fingerprint density at radius 2 is 1.80 bits per heavy atom. The van der Waals surface area contributed by atoms with E-state index in [1.807, 2.05) is 0 Å². The van der Waals surface area contributed by atoms with Crippen LogP contribution in [-0.4, -0.2) is 74.8 Å². The summed E-state index contributed by atoms with van der Waals surface area (Å²) in [4.78, 5) is 18.0. The summed E-state index contributed by atoms with van der Waals surface area (Å²) in [6, 6.07) is 2.79. The molecular formula is C15H21N3O5S2.